The van der Waals surface area contributed by atoms with Crippen LogP contribution >= 0.6 is 0 Å². The summed E-state index contributed by atoms with van der Waals surface area (Å²) in [5, 5.41) is 3.25. The Morgan fingerprint density at radius 2 is 2.00 bits per heavy atom. The Kier molecular flexibility index (Phi) is 7.53. The van der Waals surface area contributed by atoms with Crippen LogP contribution in [0.25, 0.3) is 0 Å². The molecule has 1 aromatic rings. The van der Waals surface area contributed by atoms with Gasteiger partial charge in [0.25, 0.3) is 0 Å². The molecule has 1 aromatic carbocycles. The third-order valence-electron chi connectivity index (χ3n) is 3.13. The summed E-state index contributed by atoms with van der Waals surface area (Å²) >= 11 is 0. The standard InChI is InChI=1S/C15H25NO4S/c1-4-16-12-13-8-6-9-14(19-3)15(13)20-10-7-11-21(17,18)5-2/h6,8-9,16H,4-5,7,10-12H2,1-3H3. The zero-order chi connectivity index (χ0) is 15.7. The first-order valence-electron chi connectivity index (χ1n) is 7.23. The topological polar surface area (TPSA) is 64.6 Å². The van der Waals surface area contributed by atoms with Crippen molar-refractivity contribution in [3.05, 3.63) is 23.8 Å². The second kappa shape index (κ2) is 8.89. The van der Waals surface area contributed by atoms with Gasteiger partial charge in [0.15, 0.2) is 11.5 Å². The molecule has 0 saturated carbocycles. The Morgan fingerprint density at radius 1 is 1.24 bits per heavy atom. The Morgan fingerprint density at radius 3 is 2.62 bits per heavy atom. The van der Waals surface area contributed by atoms with Crippen LogP contribution in [0.5, 0.6) is 11.5 Å². The Bertz CT molecular complexity index is 528. The van der Waals surface area contributed by atoms with E-state index in [0.29, 0.717) is 31.1 Å². The number of hydrogen-bond acceptors (Lipinski definition) is 5. The second-order valence-electron chi connectivity index (χ2n) is 4.67. The summed E-state index contributed by atoms with van der Waals surface area (Å²) in [6.07, 6.45) is 0.481. The molecule has 0 amide bonds. The van der Waals surface area contributed by atoms with E-state index in [4.69, 9.17) is 9.47 Å². The first kappa shape index (κ1) is 17.8. The van der Waals surface area contributed by atoms with Crippen LogP contribution in [0, 0.1) is 0 Å². The summed E-state index contributed by atoms with van der Waals surface area (Å²) in [7, 11) is -1.34. The van der Waals surface area contributed by atoms with Crippen LogP contribution in [0.1, 0.15) is 25.8 Å². The van der Waals surface area contributed by atoms with E-state index in [2.05, 4.69) is 5.32 Å². The number of hydrogen-bond donors (Lipinski definition) is 1. The fraction of sp³-hybridized carbons (Fsp3) is 0.600. The van der Waals surface area contributed by atoms with Gasteiger partial charge in [0.1, 0.15) is 9.84 Å². The molecule has 1 N–H and O–H groups in total. The molecule has 6 heteroatoms. The summed E-state index contributed by atoms with van der Waals surface area (Å²) in [5.74, 6) is 1.69. The predicted molar refractivity (Wildman–Crippen MR) is 84.8 cm³/mol. The van der Waals surface area contributed by atoms with Crippen LogP contribution < -0.4 is 14.8 Å². The molecule has 5 nitrogen and oxygen atoms in total. The highest BCUT2D eigenvalue weighted by Crippen LogP contribution is 2.31. The predicted octanol–water partition coefficient (Wildman–Crippen LogP) is 2.01. The third-order valence-corrected chi connectivity index (χ3v) is 4.92. The fourth-order valence-electron chi connectivity index (χ4n) is 1.88. The van der Waals surface area contributed by atoms with Crippen molar-refractivity contribution in [2.24, 2.45) is 0 Å². The molecular formula is C15H25NO4S. The number of sulfone groups is 1. The van der Waals surface area contributed by atoms with Crippen molar-refractivity contribution in [1.82, 2.24) is 5.32 Å². The SMILES string of the molecule is CCNCc1cccc(OC)c1OCCCS(=O)(=O)CC. The third kappa shape index (κ3) is 5.93. The van der Waals surface area contributed by atoms with Crippen molar-refractivity contribution in [2.75, 3.05) is 31.8 Å². The van der Waals surface area contributed by atoms with Gasteiger partial charge >= 0.3 is 0 Å². The molecule has 0 heterocycles. The molecule has 0 aliphatic heterocycles. The Hall–Kier alpha value is -1.27. The molecule has 0 atom stereocenters. The van der Waals surface area contributed by atoms with Gasteiger partial charge in [0.2, 0.25) is 0 Å². The highest BCUT2D eigenvalue weighted by atomic mass is 32.2. The first-order chi connectivity index (χ1) is 10.0. The molecule has 0 spiro atoms. The average molecular weight is 315 g/mol. The molecule has 0 radical (unpaired) electrons. The average Bonchev–Trinajstić information content (AvgIpc) is 2.49. The lowest BCUT2D eigenvalue weighted by atomic mass is 10.2. The van der Waals surface area contributed by atoms with Crippen LogP contribution in [-0.4, -0.2) is 40.2 Å². The zero-order valence-corrected chi connectivity index (χ0v) is 13.8. The summed E-state index contributed by atoms with van der Waals surface area (Å²) in [6, 6.07) is 5.73. The van der Waals surface area contributed by atoms with Gasteiger partial charge in [0, 0.05) is 17.9 Å². The first-order valence-corrected chi connectivity index (χ1v) is 9.06. The normalized spacial score (nSPS) is 11.4. The van der Waals surface area contributed by atoms with E-state index in [1.54, 1.807) is 14.0 Å². The Balaban J connectivity index is 2.67. The minimum Gasteiger partial charge on any atom is -0.493 e. The highest BCUT2D eigenvalue weighted by Gasteiger charge is 2.11. The van der Waals surface area contributed by atoms with Crippen molar-refractivity contribution in [1.29, 1.82) is 0 Å². The van der Waals surface area contributed by atoms with Crippen LogP contribution in [0.3, 0.4) is 0 Å². The van der Waals surface area contributed by atoms with Gasteiger partial charge in [-0.2, -0.15) is 0 Å². The molecule has 1 rings (SSSR count). The van der Waals surface area contributed by atoms with Crippen molar-refractivity contribution >= 4 is 9.84 Å². The molecule has 120 valence electrons. The van der Waals surface area contributed by atoms with Crippen molar-refractivity contribution in [3.63, 3.8) is 0 Å². The number of para-hydroxylation sites is 1. The van der Waals surface area contributed by atoms with E-state index in [0.717, 1.165) is 12.1 Å². The van der Waals surface area contributed by atoms with E-state index in [9.17, 15) is 8.42 Å². The van der Waals surface area contributed by atoms with Gasteiger partial charge in [0.05, 0.1) is 19.5 Å². The maximum Gasteiger partial charge on any atom is 0.165 e. The van der Waals surface area contributed by atoms with E-state index < -0.39 is 9.84 Å². The number of rotatable bonds is 10. The molecule has 0 aliphatic carbocycles. The minimum atomic E-state index is -2.94. The fourth-order valence-corrected chi connectivity index (χ4v) is 2.73. The molecular weight excluding hydrogens is 290 g/mol. The summed E-state index contributed by atoms with van der Waals surface area (Å²) in [5.41, 5.74) is 1.01. The van der Waals surface area contributed by atoms with Gasteiger partial charge in [-0.1, -0.05) is 26.0 Å². The van der Waals surface area contributed by atoms with E-state index >= 15 is 0 Å². The van der Waals surface area contributed by atoms with Crippen molar-refractivity contribution in [3.8, 4) is 11.5 Å². The largest absolute Gasteiger partial charge is 0.493 e. The number of methoxy groups -OCH3 is 1. The number of benzene rings is 1. The maximum absolute atomic E-state index is 11.5. The summed E-state index contributed by atoms with van der Waals surface area (Å²) < 4.78 is 34.0. The highest BCUT2D eigenvalue weighted by molar-refractivity contribution is 7.91. The van der Waals surface area contributed by atoms with E-state index in [1.165, 1.54) is 0 Å². The second-order valence-corrected chi connectivity index (χ2v) is 7.14. The molecule has 0 unspecified atom stereocenters. The Labute approximate surface area is 127 Å². The molecule has 0 aliphatic rings. The van der Waals surface area contributed by atoms with E-state index in [1.807, 2.05) is 25.1 Å². The lowest BCUT2D eigenvalue weighted by Crippen LogP contribution is -2.15. The molecule has 21 heavy (non-hydrogen) atoms. The van der Waals surface area contributed by atoms with Gasteiger partial charge in [-0.05, 0) is 19.0 Å². The smallest absolute Gasteiger partial charge is 0.165 e. The number of ether oxygens (including phenoxy) is 2. The van der Waals surface area contributed by atoms with Crippen LogP contribution in [-0.2, 0) is 16.4 Å². The molecule has 0 fully saturated rings. The number of nitrogens with one attached hydrogen (secondary N) is 1. The zero-order valence-electron chi connectivity index (χ0n) is 13.0. The van der Waals surface area contributed by atoms with Gasteiger partial charge in [-0.25, -0.2) is 8.42 Å². The molecule has 0 bridgehead atoms. The minimum absolute atomic E-state index is 0.154. The van der Waals surface area contributed by atoms with E-state index in [-0.39, 0.29) is 11.5 Å². The monoisotopic (exact) mass is 315 g/mol. The summed E-state index contributed by atoms with van der Waals surface area (Å²) in [6.45, 7) is 5.61. The van der Waals surface area contributed by atoms with Gasteiger partial charge < -0.3 is 14.8 Å². The van der Waals surface area contributed by atoms with Crippen LogP contribution in [0.4, 0.5) is 0 Å². The van der Waals surface area contributed by atoms with Crippen molar-refractivity contribution in [2.45, 2.75) is 26.8 Å². The molecule has 0 saturated heterocycles. The molecule has 0 aromatic heterocycles. The van der Waals surface area contributed by atoms with Crippen LogP contribution in [0.2, 0.25) is 0 Å². The maximum atomic E-state index is 11.5. The lowest BCUT2D eigenvalue weighted by Gasteiger charge is -2.15. The van der Waals surface area contributed by atoms with Gasteiger partial charge in [-0.15, -0.1) is 0 Å². The summed E-state index contributed by atoms with van der Waals surface area (Å²) in [4.78, 5) is 0. The van der Waals surface area contributed by atoms with Crippen LogP contribution in [0.15, 0.2) is 18.2 Å². The quantitative estimate of drug-likeness (QED) is 0.669. The van der Waals surface area contributed by atoms with Crippen molar-refractivity contribution < 1.29 is 17.9 Å². The lowest BCUT2D eigenvalue weighted by molar-refractivity contribution is 0.291. The van der Waals surface area contributed by atoms with Gasteiger partial charge in [-0.3, -0.25) is 0 Å².